The van der Waals surface area contributed by atoms with E-state index in [-0.39, 0.29) is 29.6 Å². The number of nitrogens with zero attached hydrogens (tertiary/aromatic N) is 3. The SMILES string of the molecule is Cn1cc([C@@H]2CN(C(=O)[C@H]3C[C@@H]3c3ccc(OC(F)(F)F)cc3)CCO2)cn1. The van der Waals surface area contributed by atoms with Crippen molar-refractivity contribution < 1.29 is 27.4 Å². The summed E-state index contributed by atoms with van der Waals surface area (Å²) >= 11 is 0. The van der Waals surface area contributed by atoms with Crippen LogP contribution < -0.4 is 4.74 Å². The molecule has 0 radical (unpaired) electrons. The Morgan fingerprint density at radius 1 is 1.25 bits per heavy atom. The number of amides is 1. The third-order valence-electron chi connectivity index (χ3n) is 5.12. The quantitative estimate of drug-likeness (QED) is 0.799. The lowest BCUT2D eigenvalue weighted by Gasteiger charge is -2.32. The molecule has 6 nitrogen and oxygen atoms in total. The molecule has 1 saturated heterocycles. The van der Waals surface area contributed by atoms with Crippen LogP contribution in [0.5, 0.6) is 5.75 Å². The highest BCUT2D eigenvalue weighted by molar-refractivity contribution is 5.83. The molecule has 1 aromatic carbocycles. The van der Waals surface area contributed by atoms with Crippen molar-refractivity contribution >= 4 is 5.91 Å². The average Bonchev–Trinajstić information content (AvgIpc) is 3.33. The first-order chi connectivity index (χ1) is 13.3. The van der Waals surface area contributed by atoms with E-state index in [4.69, 9.17) is 4.74 Å². The number of hydrogen-bond donors (Lipinski definition) is 0. The zero-order valence-corrected chi connectivity index (χ0v) is 15.2. The van der Waals surface area contributed by atoms with E-state index in [1.165, 1.54) is 12.1 Å². The van der Waals surface area contributed by atoms with Crippen molar-refractivity contribution in [2.45, 2.75) is 24.8 Å². The van der Waals surface area contributed by atoms with Gasteiger partial charge in [-0.25, -0.2) is 0 Å². The maximum Gasteiger partial charge on any atom is 0.573 e. The zero-order chi connectivity index (χ0) is 19.9. The molecule has 4 rings (SSSR count). The average molecular weight is 395 g/mol. The molecule has 1 aromatic heterocycles. The van der Waals surface area contributed by atoms with E-state index >= 15 is 0 Å². The van der Waals surface area contributed by atoms with Crippen molar-refractivity contribution in [2.75, 3.05) is 19.7 Å². The van der Waals surface area contributed by atoms with Gasteiger partial charge in [-0.05, 0) is 30.0 Å². The van der Waals surface area contributed by atoms with Gasteiger partial charge in [0.1, 0.15) is 11.9 Å². The summed E-state index contributed by atoms with van der Waals surface area (Å²) in [5.74, 6) is -0.292. The molecule has 1 aliphatic carbocycles. The number of carbonyl (C=O) groups is 1. The summed E-state index contributed by atoms with van der Waals surface area (Å²) in [6.45, 7) is 1.48. The number of benzene rings is 1. The number of rotatable bonds is 4. The fraction of sp³-hybridized carbons (Fsp3) is 0.474. The van der Waals surface area contributed by atoms with Gasteiger partial charge in [-0.2, -0.15) is 5.10 Å². The molecule has 28 heavy (non-hydrogen) atoms. The smallest absolute Gasteiger partial charge is 0.406 e. The molecule has 1 saturated carbocycles. The van der Waals surface area contributed by atoms with E-state index in [0.717, 1.165) is 11.1 Å². The van der Waals surface area contributed by atoms with Crippen LogP contribution in [0.2, 0.25) is 0 Å². The number of alkyl halides is 3. The zero-order valence-electron chi connectivity index (χ0n) is 15.2. The third kappa shape index (κ3) is 4.14. The monoisotopic (exact) mass is 395 g/mol. The second-order valence-electron chi connectivity index (χ2n) is 7.16. The van der Waals surface area contributed by atoms with Crippen LogP contribution >= 0.6 is 0 Å². The molecule has 0 spiro atoms. The minimum atomic E-state index is -4.71. The van der Waals surface area contributed by atoms with Gasteiger partial charge in [0.2, 0.25) is 5.91 Å². The van der Waals surface area contributed by atoms with E-state index < -0.39 is 6.36 Å². The van der Waals surface area contributed by atoms with Gasteiger partial charge in [0.25, 0.3) is 0 Å². The van der Waals surface area contributed by atoms with Gasteiger partial charge in [0, 0.05) is 31.3 Å². The first-order valence-corrected chi connectivity index (χ1v) is 9.05. The number of ether oxygens (including phenoxy) is 2. The molecule has 2 aromatic rings. The molecular formula is C19H20F3N3O3. The summed E-state index contributed by atoms with van der Waals surface area (Å²) in [5, 5.41) is 4.14. The van der Waals surface area contributed by atoms with Crippen molar-refractivity contribution in [3.05, 3.63) is 47.8 Å². The Kier molecular flexibility index (Phi) is 4.78. The Morgan fingerprint density at radius 2 is 2.00 bits per heavy atom. The number of carbonyl (C=O) groups excluding carboxylic acids is 1. The molecule has 0 bridgehead atoms. The van der Waals surface area contributed by atoms with Crippen molar-refractivity contribution in [3.8, 4) is 5.75 Å². The topological polar surface area (TPSA) is 56.6 Å². The van der Waals surface area contributed by atoms with E-state index in [0.29, 0.717) is 26.1 Å². The van der Waals surface area contributed by atoms with Gasteiger partial charge in [0.05, 0.1) is 19.3 Å². The van der Waals surface area contributed by atoms with Crippen molar-refractivity contribution in [1.29, 1.82) is 0 Å². The molecule has 2 fully saturated rings. The maximum atomic E-state index is 12.9. The highest BCUT2D eigenvalue weighted by atomic mass is 19.4. The van der Waals surface area contributed by atoms with E-state index in [9.17, 15) is 18.0 Å². The number of halogens is 3. The second kappa shape index (κ2) is 7.12. The molecule has 2 aliphatic rings. The molecular weight excluding hydrogens is 375 g/mol. The summed E-state index contributed by atoms with van der Waals surface area (Å²) in [6.07, 6.45) is -0.581. The molecule has 2 heterocycles. The van der Waals surface area contributed by atoms with Gasteiger partial charge < -0.3 is 14.4 Å². The Balaban J connectivity index is 1.36. The fourth-order valence-corrected chi connectivity index (χ4v) is 3.65. The van der Waals surface area contributed by atoms with Gasteiger partial charge >= 0.3 is 6.36 Å². The Labute approximate surface area is 159 Å². The van der Waals surface area contributed by atoms with Crippen LogP contribution in [0.3, 0.4) is 0 Å². The lowest BCUT2D eigenvalue weighted by Crippen LogP contribution is -2.43. The van der Waals surface area contributed by atoms with Crippen molar-refractivity contribution in [2.24, 2.45) is 13.0 Å². The summed E-state index contributed by atoms with van der Waals surface area (Å²) < 4.78 is 48.1. The molecule has 1 aliphatic heterocycles. The van der Waals surface area contributed by atoms with Gasteiger partial charge in [0.15, 0.2) is 0 Å². The number of hydrogen-bond acceptors (Lipinski definition) is 4. The third-order valence-corrected chi connectivity index (χ3v) is 5.12. The van der Waals surface area contributed by atoms with Crippen LogP contribution in [0, 0.1) is 5.92 Å². The summed E-state index contributed by atoms with van der Waals surface area (Å²) in [6, 6.07) is 5.76. The largest absolute Gasteiger partial charge is 0.573 e. The first kappa shape index (κ1) is 18.8. The Hall–Kier alpha value is -2.55. The standard InChI is InChI=1S/C19H20F3N3O3/c1-24-10-13(9-23-24)17-11-25(6-7-27-17)18(26)16-8-15(16)12-2-4-14(5-3-12)28-19(20,21)22/h2-5,9-10,15-17H,6-8,11H2,1H3/t15-,16+,17+/m1/s1. The van der Waals surface area contributed by atoms with Crippen LogP contribution in [0.15, 0.2) is 36.7 Å². The van der Waals surface area contributed by atoms with Gasteiger partial charge in [-0.3, -0.25) is 9.48 Å². The van der Waals surface area contributed by atoms with E-state index in [2.05, 4.69) is 9.84 Å². The molecule has 0 unspecified atom stereocenters. The minimum Gasteiger partial charge on any atom is -0.406 e. The second-order valence-corrected chi connectivity index (χ2v) is 7.16. The van der Waals surface area contributed by atoms with Crippen LogP contribution in [-0.4, -0.2) is 46.6 Å². The van der Waals surface area contributed by atoms with Gasteiger partial charge in [-0.1, -0.05) is 12.1 Å². The fourth-order valence-electron chi connectivity index (χ4n) is 3.65. The van der Waals surface area contributed by atoms with Crippen LogP contribution in [-0.2, 0) is 16.6 Å². The molecule has 3 atom stereocenters. The van der Waals surface area contributed by atoms with E-state index in [1.807, 2.05) is 18.1 Å². The van der Waals surface area contributed by atoms with Gasteiger partial charge in [-0.15, -0.1) is 13.2 Å². The predicted molar refractivity (Wildman–Crippen MR) is 92.5 cm³/mol. The molecule has 0 N–H and O–H groups in total. The summed E-state index contributed by atoms with van der Waals surface area (Å²) in [4.78, 5) is 14.7. The Bertz CT molecular complexity index is 850. The van der Waals surface area contributed by atoms with Crippen LogP contribution in [0.1, 0.15) is 29.6 Å². The predicted octanol–water partition coefficient (Wildman–Crippen LogP) is 3.02. The van der Waals surface area contributed by atoms with Crippen molar-refractivity contribution in [1.82, 2.24) is 14.7 Å². The molecule has 1 amide bonds. The number of morpholine rings is 1. The molecule has 150 valence electrons. The maximum absolute atomic E-state index is 12.9. The van der Waals surface area contributed by atoms with Crippen LogP contribution in [0.25, 0.3) is 0 Å². The van der Waals surface area contributed by atoms with E-state index in [1.54, 1.807) is 23.0 Å². The minimum absolute atomic E-state index is 0.0344. The highest BCUT2D eigenvalue weighted by Crippen LogP contribution is 2.49. The number of aryl methyl sites for hydroxylation is 1. The molecule has 9 heteroatoms. The summed E-state index contributed by atoms with van der Waals surface area (Å²) in [5.41, 5.74) is 1.79. The lowest BCUT2D eigenvalue weighted by atomic mass is 10.1. The Morgan fingerprint density at radius 3 is 2.64 bits per heavy atom. The van der Waals surface area contributed by atoms with Crippen molar-refractivity contribution in [3.63, 3.8) is 0 Å². The lowest BCUT2D eigenvalue weighted by molar-refractivity contribution is -0.274. The highest BCUT2D eigenvalue weighted by Gasteiger charge is 2.46. The van der Waals surface area contributed by atoms with Crippen LogP contribution in [0.4, 0.5) is 13.2 Å². The summed E-state index contributed by atoms with van der Waals surface area (Å²) in [7, 11) is 1.83. The first-order valence-electron chi connectivity index (χ1n) is 9.05. The number of aromatic nitrogens is 2. The normalized spacial score (nSPS) is 24.9.